The maximum atomic E-state index is 13.5. The first kappa shape index (κ1) is 19.9. The van der Waals surface area contributed by atoms with Crippen LogP contribution in [0.4, 0.5) is 4.39 Å². The minimum Gasteiger partial charge on any atom is -0.282 e. The molecule has 0 saturated heterocycles. The highest BCUT2D eigenvalue weighted by Gasteiger charge is 2.17. The van der Waals surface area contributed by atoms with Crippen LogP contribution in [0.5, 0.6) is 0 Å². The Balaban J connectivity index is 1.63. The predicted molar refractivity (Wildman–Crippen MR) is 125 cm³/mol. The fourth-order valence-electron chi connectivity index (χ4n) is 3.51. The number of rotatable bonds is 5. The number of hydrogen-bond donors (Lipinski definition) is 0. The summed E-state index contributed by atoms with van der Waals surface area (Å²) in [5.74, 6) is 0.401. The van der Waals surface area contributed by atoms with E-state index in [-0.39, 0.29) is 11.4 Å². The molecular weight excluding hydrogens is 429 g/mol. The van der Waals surface area contributed by atoms with Crippen LogP contribution in [-0.4, -0.2) is 14.5 Å². The van der Waals surface area contributed by atoms with Crippen LogP contribution in [-0.2, 0) is 12.3 Å². The van der Waals surface area contributed by atoms with Gasteiger partial charge in [-0.25, -0.2) is 14.4 Å². The number of pyridine rings is 1. The Labute approximate surface area is 186 Å². The van der Waals surface area contributed by atoms with E-state index in [1.807, 2.05) is 18.2 Å². The molecule has 31 heavy (non-hydrogen) atoms. The number of fused-ring (bicyclic) bond motifs is 3. The normalized spacial score (nSPS) is 11.4. The summed E-state index contributed by atoms with van der Waals surface area (Å²) >= 11 is 2.90. The molecule has 0 atom stereocenters. The molecule has 0 N–H and O–H groups in total. The number of benzene rings is 2. The highest BCUT2D eigenvalue weighted by atomic mass is 32.2. The lowest BCUT2D eigenvalue weighted by molar-refractivity contribution is 0.623. The minimum absolute atomic E-state index is 0.0935. The number of aromatic nitrogens is 3. The van der Waals surface area contributed by atoms with Crippen molar-refractivity contribution < 1.29 is 4.39 Å². The largest absolute Gasteiger partial charge is 0.282 e. The smallest absolute Gasteiger partial charge is 0.272 e. The minimum atomic E-state index is -0.297. The van der Waals surface area contributed by atoms with E-state index < -0.39 is 0 Å². The number of thioether (sulfide) groups is 1. The van der Waals surface area contributed by atoms with Crippen LogP contribution in [0.15, 0.2) is 76.8 Å². The molecule has 3 heterocycles. The van der Waals surface area contributed by atoms with Gasteiger partial charge >= 0.3 is 0 Å². The molecule has 0 bridgehead atoms. The first-order chi connectivity index (χ1) is 15.1. The van der Waals surface area contributed by atoms with Gasteiger partial charge in [0.1, 0.15) is 15.3 Å². The summed E-state index contributed by atoms with van der Waals surface area (Å²) in [5, 5.41) is 1.54. The lowest BCUT2D eigenvalue weighted by Crippen LogP contribution is -2.23. The van der Waals surface area contributed by atoms with Gasteiger partial charge in [-0.15, -0.1) is 11.3 Å². The molecular formula is C24H18FN3OS2. The highest BCUT2D eigenvalue weighted by molar-refractivity contribution is 7.98. The second-order valence-electron chi connectivity index (χ2n) is 7.33. The van der Waals surface area contributed by atoms with Crippen LogP contribution in [0.3, 0.4) is 0 Å². The van der Waals surface area contributed by atoms with E-state index in [0.29, 0.717) is 27.7 Å². The van der Waals surface area contributed by atoms with E-state index >= 15 is 0 Å². The first-order valence-electron chi connectivity index (χ1n) is 9.79. The molecule has 3 aromatic heterocycles. The Hall–Kier alpha value is -3.03. The summed E-state index contributed by atoms with van der Waals surface area (Å²) in [6.45, 7) is 2.40. The molecule has 154 valence electrons. The Kier molecular flexibility index (Phi) is 5.29. The molecule has 4 nitrogen and oxygen atoms in total. The Bertz CT molecular complexity index is 1460. The van der Waals surface area contributed by atoms with Crippen LogP contribution in [0.25, 0.3) is 20.4 Å². The van der Waals surface area contributed by atoms with Crippen molar-refractivity contribution in [2.45, 2.75) is 24.4 Å². The van der Waals surface area contributed by atoms with Crippen molar-refractivity contribution >= 4 is 43.5 Å². The second-order valence-corrected chi connectivity index (χ2v) is 9.27. The molecule has 0 amide bonds. The quantitative estimate of drug-likeness (QED) is 0.253. The molecule has 2 aromatic carbocycles. The van der Waals surface area contributed by atoms with E-state index in [0.717, 1.165) is 15.8 Å². The van der Waals surface area contributed by atoms with Crippen molar-refractivity contribution in [1.82, 2.24) is 14.5 Å². The number of hydrogen-bond acceptors (Lipinski definition) is 5. The van der Waals surface area contributed by atoms with Crippen molar-refractivity contribution in [3.05, 3.63) is 99.7 Å². The van der Waals surface area contributed by atoms with E-state index in [1.165, 1.54) is 46.4 Å². The van der Waals surface area contributed by atoms with E-state index in [1.54, 1.807) is 22.9 Å². The van der Waals surface area contributed by atoms with Gasteiger partial charge in [-0.2, -0.15) is 0 Å². The van der Waals surface area contributed by atoms with Crippen molar-refractivity contribution in [2.24, 2.45) is 0 Å². The van der Waals surface area contributed by atoms with Gasteiger partial charge < -0.3 is 0 Å². The number of nitrogens with zero attached hydrogens (tertiary/aromatic N) is 3. The summed E-state index contributed by atoms with van der Waals surface area (Å²) < 4.78 is 15.6. The lowest BCUT2D eigenvalue weighted by Gasteiger charge is -2.12. The van der Waals surface area contributed by atoms with Crippen molar-refractivity contribution in [2.75, 3.05) is 0 Å². The topological polar surface area (TPSA) is 47.8 Å². The molecule has 0 saturated carbocycles. The van der Waals surface area contributed by atoms with Gasteiger partial charge in [0, 0.05) is 17.3 Å². The van der Waals surface area contributed by atoms with Crippen LogP contribution < -0.4 is 5.56 Å². The van der Waals surface area contributed by atoms with Gasteiger partial charge in [-0.3, -0.25) is 9.36 Å². The molecule has 0 spiro atoms. The number of thiophene rings is 1. The standard InChI is InChI=1S/C24H18FN3OS2/c1-15-4-2-5-17(12-15)14-30-24-27-20-19-6-3-11-26-22(19)31-21(20)23(29)28(24)13-16-7-9-18(25)10-8-16/h2-12H,13-14H2,1H3. The van der Waals surface area contributed by atoms with Gasteiger partial charge in [-0.1, -0.05) is 53.7 Å². The van der Waals surface area contributed by atoms with Crippen LogP contribution in [0.2, 0.25) is 0 Å². The van der Waals surface area contributed by atoms with E-state index in [2.05, 4.69) is 30.1 Å². The third kappa shape index (κ3) is 3.98. The SMILES string of the molecule is Cc1cccc(CSc2nc3c(sc4ncccc43)c(=O)n2Cc2ccc(F)cc2)c1. The molecule has 0 radical (unpaired) electrons. The van der Waals surface area contributed by atoms with Crippen molar-refractivity contribution in [3.63, 3.8) is 0 Å². The Morgan fingerprint density at radius 1 is 1.06 bits per heavy atom. The zero-order chi connectivity index (χ0) is 21.4. The zero-order valence-electron chi connectivity index (χ0n) is 16.7. The van der Waals surface area contributed by atoms with E-state index in [4.69, 9.17) is 4.98 Å². The summed E-state index contributed by atoms with van der Waals surface area (Å²) in [4.78, 5) is 23.6. The fraction of sp³-hybridized carbons (Fsp3) is 0.125. The third-order valence-electron chi connectivity index (χ3n) is 5.02. The highest BCUT2D eigenvalue weighted by Crippen LogP contribution is 2.31. The van der Waals surface area contributed by atoms with Crippen molar-refractivity contribution in [3.8, 4) is 0 Å². The van der Waals surface area contributed by atoms with Gasteiger partial charge in [0.2, 0.25) is 0 Å². The molecule has 5 rings (SSSR count). The summed E-state index contributed by atoms with van der Waals surface area (Å²) in [6.07, 6.45) is 1.72. The first-order valence-corrected chi connectivity index (χ1v) is 11.6. The summed E-state index contributed by atoms with van der Waals surface area (Å²) in [6, 6.07) is 18.3. The van der Waals surface area contributed by atoms with Gasteiger partial charge in [0.25, 0.3) is 5.56 Å². The molecule has 0 unspecified atom stereocenters. The summed E-state index contributed by atoms with van der Waals surface area (Å²) in [7, 11) is 0. The maximum absolute atomic E-state index is 13.5. The summed E-state index contributed by atoms with van der Waals surface area (Å²) in [5.41, 5.74) is 3.81. The van der Waals surface area contributed by atoms with Crippen LogP contribution in [0, 0.1) is 12.7 Å². The monoisotopic (exact) mass is 447 g/mol. The fourth-order valence-corrected chi connectivity index (χ4v) is 5.48. The molecule has 0 aliphatic heterocycles. The zero-order valence-corrected chi connectivity index (χ0v) is 18.3. The maximum Gasteiger partial charge on any atom is 0.272 e. The number of halogens is 1. The molecule has 0 aliphatic carbocycles. The molecule has 0 aliphatic rings. The van der Waals surface area contributed by atoms with Crippen LogP contribution >= 0.6 is 23.1 Å². The Morgan fingerprint density at radius 3 is 2.71 bits per heavy atom. The van der Waals surface area contributed by atoms with Gasteiger partial charge in [0.15, 0.2) is 5.16 Å². The number of aryl methyl sites for hydroxylation is 1. The lowest BCUT2D eigenvalue weighted by atomic mass is 10.2. The van der Waals surface area contributed by atoms with Gasteiger partial charge in [-0.05, 0) is 42.3 Å². The van der Waals surface area contributed by atoms with Gasteiger partial charge in [0.05, 0.1) is 12.1 Å². The Morgan fingerprint density at radius 2 is 1.90 bits per heavy atom. The third-order valence-corrected chi connectivity index (χ3v) is 7.16. The average Bonchev–Trinajstić information content (AvgIpc) is 3.15. The average molecular weight is 448 g/mol. The molecule has 5 aromatic rings. The van der Waals surface area contributed by atoms with Crippen molar-refractivity contribution in [1.29, 1.82) is 0 Å². The second kappa shape index (κ2) is 8.24. The molecule has 0 fully saturated rings. The van der Waals surface area contributed by atoms with Crippen LogP contribution in [0.1, 0.15) is 16.7 Å². The molecule has 7 heteroatoms. The predicted octanol–water partition coefficient (Wildman–Crippen LogP) is 5.79. The van der Waals surface area contributed by atoms with E-state index in [9.17, 15) is 9.18 Å².